The van der Waals surface area contributed by atoms with Gasteiger partial charge in [0.1, 0.15) is 11.5 Å². The van der Waals surface area contributed by atoms with Crippen molar-refractivity contribution < 1.29 is 24.5 Å². The second kappa shape index (κ2) is 9.98. The van der Waals surface area contributed by atoms with Gasteiger partial charge in [-0.3, -0.25) is 9.59 Å². The first-order chi connectivity index (χ1) is 17.0. The van der Waals surface area contributed by atoms with Gasteiger partial charge in [0.25, 0.3) is 0 Å². The molecule has 194 valence electrons. The van der Waals surface area contributed by atoms with Crippen molar-refractivity contribution in [3.05, 3.63) is 71.3 Å². The average molecular weight is 494 g/mol. The van der Waals surface area contributed by atoms with Crippen LogP contribution >= 0.6 is 0 Å². The molecule has 4 rings (SSSR count). The standard InChI is InChI=1S/C30H39NO5/c1-18-10-9-13-23-27(33)20(3)19(2)26-24(16-22-11-7-6-8-12-22)31-28(34)30(23,26)25(36-21(4)32)14-15-29(5,35)17-18/h6-9,11-15,18,23-27,33,35H,10,16-17H2,1-5H3,(H,31,34)/b13-9-,15-14-/t18-,23-,24-,25?,26-,27+,29-,30+/m0/s1. The fourth-order valence-corrected chi connectivity index (χ4v) is 6.76. The summed E-state index contributed by atoms with van der Waals surface area (Å²) in [5, 5.41) is 25.9. The third-order valence-electron chi connectivity index (χ3n) is 8.39. The minimum absolute atomic E-state index is 0.181. The fourth-order valence-electron chi connectivity index (χ4n) is 6.76. The van der Waals surface area contributed by atoms with Crippen molar-refractivity contribution in [1.29, 1.82) is 0 Å². The molecule has 3 aliphatic rings. The van der Waals surface area contributed by atoms with Crippen molar-refractivity contribution in [2.24, 2.45) is 23.2 Å². The first-order valence-corrected chi connectivity index (χ1v) is 12.9. The highest BCUT2D eigenvalue weighted by atomic mass is 16.5. The van der Waals surface area contributed by atoms with Gasteiger partial charge < -0.3 is 20.3 Å². The van der Waals surface area contributed by atoms with Crippen LogP contribution in [-0.2, 0) is 20.7 Å². The highest BCUT2D eigenvalue weighted by Crippen LogP contribution is 2.57. The van der Waals surface area contributed by atoms with Gasteiger partial charge in [-0.05, 0) is 63.2 Å². The van der Waals surface area contributed by atoms with E-state index in [4.69, 9.17) is 4.74 Å². The largest absolute Gasteiger partial charge is 0.457 e. The molecule has 1 fully saturated rings. The number of nitrogens with one attached hydrogen (secondary N) is 1. The third kappa shape index (κ3) is 4.69. The van der Waals surface area contributed by atoms with Crippen LogP contribution < -0.4 is 5.32 Å². The van der Waals surface area contributed by atoms with E-state index in [9.17, 15) is 19.8 Å². The average Bonchev–Trinajstić information content (AvgIpc) is 3.08. The van der Waals surface area contributed by atoms with E-state index in [1.54, 1.807) is 19.1 Å². The molecule has 1 aromatic carbocycles. The zero-order valence-electron chi connectivity index (χ0n) is 21.9. The second-order valence-corrected chi connectivity index (χ2v) is 11.2. The Balaban J connectivity index is 1.94. The number of allylic oxidation sites excluding steroid dienone is 1. The molecular formula is C30H39NO5. The van der Waals surface area contributed by atoms with Crippen LogP contribution in [0.25, 0.3) is 0 Å². The topological polar surface area (TPSA) is 95.9 Å². The van der Waals surface area contributed by atoms with Crippen LogP contribution in [0, 0.1) is 23.2 Å². The van der Waals surface area contributed by atoms with Gasteiger partial charge in [-0.1, -0.05) is 61.1 Å². The van der Waals surface area contributed by atoms with E-state index in [0.717, 1.165) is 16.7 Å². The van der Waals surface area contributed by atoms with Crippen molar-refractivity contribution in [1.82, 2.24) is 5.32 Å². The Morgan fingerprint density at radius 1 is 1.17 bits per heavy atom. The number of carbonyl (C=O) groups is 2. The number of aliphatic hydroxyl groups excluding tert-OH is 1. The van der Waals surface area contributed by atoms with E-state index in [-0.39, 0.29) is 23.8 Å². The Morgan fingerprint density at radius 3 is 2.53 bits per heavy atom. The summed E-state index contributed by atoms with van der Waals surface area (Å²) in [5.74, 6) is -1.49. The predicted octanol–water partition coefficient (Wildman–Crippen LogP) is 3.88. The lowest BCUT2D eigenvalue weighted by Crippen LogP contribution is -2.58. The summed E-state index contributed by atoms with van der Waals surface area (Å²) in [6.07, 6.45) is 7.26. The molecule has 6 heteroatoms. The second-order valence-electron chi connectivity index (χ2n) is 11.2. The molecule has 0 bridgehead atoms. The molecule has 1 aliphatic heterocycles. The van der Waals surface area contributed by atoms with Gasteiger partial charge in [0, 0.05) is 24.8 Å². The molecule has 8 atom stereocenters. The van der Waals surface area contributed by atoms with E-state index < -0.39 is 35.1 Å². The van der Waals surface area contributed by atoms with Crippen LogP contribution in [0.15, 0.2) is 65.8 Å². The van der Waals surface area contributed by atoms with Crippen molar-refractivity contribution in [3.8, 4) is 0 Å². The molecule has 0 radical (unpaired) electrons. The van der Waals surface area contributed by atoms with Gasteiger partial charge >= 0.3 is 5.97 Å². The lowest BCUT2D eigenvalue weighted by molar-refractivity contribution is -0.161. The molecule has 36 heavy (non-hydrogen) atoms. The molecule has 1 unspecified atom stereocenters. The monoisotopic (exact) mass is 493 g/mol. The van der Waals surface area contributed by atoms with Gasteiger partial charge in [0.05, 0.1) is 11.7 Å². The van der Waals surface area contributed by atoms with Crippen molar-refractivity contribution in [3.63, 3.8) is 0 Å². The summed E-state index contributed by atoms with van der Waals surface area (Å²) >= 11 is 0. The Morgan fingerprint density at radius 2 is 1.86 bits per heavy atom. The van der Waals surface area contributed by atoms with Gasteiger partial charge in [-0.25, -0.2) is 0 Å². The molecule has 0 saturated carbocycles. The molecule has 1 aromatic rings. The molecule has 3 N–H and O–H groups in total. The number of rotatable bonds is 3. The molecule has 2 aliphatic carbocycles. The summed E-state index contributed by atoms with van der Waals surface area (Å²) < 4.78 is 5.89. The smallest absolute Gasteiger partial charge is 0.303 e. The SMILES string of the molecule is CC(=O)OC1/C=C\[C@](C)(O)C[C@@H](C)C/C=C\[C@H]2[C@H](O)C(C)=C(C)[C@H]3[C@H](Cc4ccccc4)NC(=O)[C@@]123. The number of esters is 1. The van der Waals surface area contributed by atoms with E-state index >= 15 is 0 Å². The Bertz CT molecular complexity index is 1090. The zero-order valence-corrected chi connectivity index (χ0v) is 21.9. The number of aliphatic hydroxyl groups is 2. The number of hydrogen-bond donors (Lipinski definition) is 3. The Kier molecular flexibility index (Phi) is 7.31. The normalized spacial score (nSPS) is 40.4. The molecular weight excluding hydrogens is 454 g/mol. The zero-order chi connectivity index (χ0) is 26.3. The Hall–Kier alpha value is -2.70. The van der Waals surface area contributed by atoms with E-state index in [2.05, 4.69) is 12.2 Å². The summed E-state index contributed by atoms with van der Waals surface area (Å²) in [4.78, 5) is 26.5. The summed E-state index contributed by atoms with van der Waals surface area (Å²) in [6.45, 7) is 9.03. The molecule has 1 spiro atoms. The maximum absolute atomic E-state index is 14.2. The van der Waals surface area contributed by atoms with Gasteiger partial charge in [-0.15, -0.1) is 0 Å². The van der Waals surface area contributed by atoms with Crippen molar-refractivity contribution in [2.75, 3.05) is 0 Å². The lowest BCUT2D eigenvalue weighted by Gasteiger charge is -2.49. The maximum atomic E-state index is 14.2. The number of carbonyl (C=O) groups excluding carboxylic acids is 2. The van der Waals surface area contributed by atoms with E-state index in [1.807, 2.05) is 56.3 Å². The summed E-state index contributed by atoms with van der Waals surface area (Å²) in [6, 6.07) is 9.76. The van der Waals surface area contributed by atoms with Crippen LogP contribution in [-0.4, -0.2) is 45.9 Å². The van der Waals surface area contributed by atoms with Crippen molar-refractivity contribution in [2.45, 2.75) is 77.7 Å². The minimum Gasteiger partial charge on any atom is -0.457 e. The van der Waals surface area contributed by atoms with Gasteiger partial charge in [0.15, 0.2) is 0 Å². The molecule has 1 saturated heterocycles. The number of benzene rings is 1. The number of amides is 1. The fraction of sp³-hybridized carbons (Fsp3) is 0.533. The van der Waals surface area contributed by atoms with Gasteiger partial charge in [-0.2, -0.15) is 0 Å². The summed E-state index contributed by atoms with van der Waals surface area (Å²) in [5.41, 5.74) is 0.485. The van der Waals surface area contributed by atoms with E-state index in [0.29, 0.717) is 19.3 Å². The van der Waals surface area contributed by atoms with Crippen LogP contribution in [0.4, 0.5) is 0 Å². The third-order valence-corrected chi connectivity index (χ3v) is 8.39. The lowest BCUT2D eigenvalue weighted by atomic mass is 9.54. The molecule has 6 nitrogen and oxygen atoms in total. The van der Waals surface area contributed by atoms with Crippen LogP contribution in [0.2, 0.25) is 0 Å². The molecule has 0 aromatic heterocycles. The first-order valence-electron chi connectivity index (χ1n) is 12.9. The highest BCUT2D eigenvalue weighted by Gasteiger charge is 2.67. The van der Waals surface area contributed by atoms with Gasteiger partial charge in [0.2, 0.25) is 5.91 Å². The maximum Gasteiger partial charge on any atom is 0.303 e. The highest BCUT2D eigenvalue weighted by molar-refractivity contribution is 5.89. The summed E-state index contributed by atoms with van der Waals surface area (Å²) in [7, 11) is 0. The molecule has 1 heterocycles. The molecule has 1 amide bonds. The number of hydrogen-bond acceptors (Lipinski definition) is 5. The van der Waals surface area contributed by atoms with Crippen LogP contribution in [0.1, 0.15) is 53.0 Å². The van der Waals surface area contributed by atoms with E-state index in [1.165, 1.54) is 6.92 Å². The first kappa shape index (κ1) is 26.4. The number of ether oxygens (including phenoxy) is 1. The Labute approximate surface area is 214 Å². The van der Waals surface area contributed by atoms with Crippen molar-refractivity contribution >= 4 is 11.9 Å². The minimum atomic E-state index is -1.26. The van der Waals surface area contributed by atoms with Crippen LogP contribution in [0.5, 0.6) is 0 Å². The quantitative estimate of drug-likeness (QED) is 0.439. The predicted molar refractivity (Wildman–Crippen MR) is 139 cm³/mol. The van der Waals surface area contributed by atoms with Crippen LogP contribution in [0.3, 0.4) is 0 Å².